The van der Waals surface area contributed by atoms with Crippen LogP contribution in [0.5, 0.6) is 5.75 Å². The molecule has 0 radical (unpaired) electrons. The number of likely N-dealkylation sites (N-methyl/N-ethyl adjacent to an activating group) is 1. The molecule has 2 aliphatic heterocycles. The first-order chi connectivity index (χ1) is 13.9. The first-order valence-corrected chi connectivity index (χ1v) is 9.95. The molecule has 150 valence electrons. The Kier molecular flexibility index (Phi) is 5.25. The van der Waals surface area contributed by atoms with Gasteiger partial charge in [0.25, 0.3) is 0 Å². The van der Waals surface area contributed by atoms with Crippen molar-refractivity contribution in [1.29, 1.82) is 0 Å². The topological polar surface area (TPSA) is 53.9 Å². The van der Waals surface area contributed by atoms with E-state index in [9.17, 15) is 4.79 Å². The van der Waals surface area contributed by atoms with Crippen LogP contribution in [0.2, 0.25) is 10.0 Å². The lowest BCUT2D eigenvalue weighted by Gasteiger charge is -2.33. The van der Waals surface area contributed by atoms with Crippen LogP contribution in [0.25, 0.3) is 0 Å². The molecule has 0 saturated carbocycles. The normalized spacial score (nSPS) is 22.8. The number of methoxy groups -OCH3 is 1. The summed E-state index contributed by atoms with van der Waals surface area (Å²) in [4.78, 5) is 12.9. The van der Waals surface area contributed by atoms with Gasteiger partial charge in [-0.05, 0) is 35.9 Å². The lowest BCUT2D eigenvalue weighted by atomic mass is 10.0. The van der Waals surface area contributed by atoms with Gasteiger partial charge in [0.05, 0.1) is 30.9 Å². The van der Waals surface area contributed by atoms with Crippen molar-refractivity contribution in [3.8, 4) is 5.75 Å². The first kappa shape index (κ1) is 19.8. The monoisotopic (exact) mass is 431 g/mol. The van der Waals surface area contributed by atoms with Gasteiger partial charge in [0.1, 0.15) is 24.2 Å². The van der Waals surface area contributed by atoms with Gasteiger partial charge in [0, 0.05) is 17.5 Å². The van der Waals surface area contributed by atoms with E-state index in [0.717, 1.165) is 17.9 Å². The number of carbonyl (C=O) groups excluding carboxylic acids is 1. The number of rotatable bonds is 5. The molecule has 2 atom stereocenters. The second-order valence-electron chi connectivity index (χ2n) is 7.26. The number of hydrogen-bond donors (Lipinski definition) is 1. The molecule has 4 rings (SSSR count). The molecule has 2 aromatic rings. The fourth-order valence-corrected chi connectivity index (χ4v) is 3.92. The minimum absolute atomic E-state index is 0.169. The Morgan fingerprint density at radius 2 is 1.97 bits per heavy atom. The van der Waals surface area contributed by atoms with Crippen molar-refractivity contribution in [2.75, 3.05) is 25.7 Å². The summed E-state index contributed by atoms with van der Waals surface area (Å²) in [5.41, 5.74) is 5.16. The van der Waals surface area contributed by atoms with Crippen LogP contribution in [0.15, 0.2) is 59.8 Å². The Hall–Kier alpha value is -2.54. The van der Waals surface area contributed by atoms with E-state index in [0.29, 0.717) is 32.5 Å². The van der Waals surface area contributed by atoms with Crippen molar-refractivity contribution in [3.63, 3.8) is 0 Å². The number of carbonyl (C=O) groups is 1. The summed E-state index contributed by atoms with van der Waals surface area (Å²) in [5, 5.41) is 7.45. The molecule has 2 aromatic carbocycles. The minimum atomic E-state index is -0.192. The van der Waals surface area contributed by atoms with Gasteiger partial charge in [-0.15, -0.1) is 0 Å². The van der Waals surface area contributed by atoms with Crippen LogP contribution in [0, 0.1) is 0 Å². The van der Waals surface area contributed by atoms with E-state index < -0.39 is 0 Å². The zero-order valence-corrected chi connectivity index (χ0v) is 17.6. The van der Waals surface area contributed by atoms with E-state index in [-0.39, 0.29) is 11.9 Å². The molecule has 0 fully saturated rings. The van der Waals surface area contributed by atoms with Crippen LogP contribution in [0.3, 0.4) is 0 Å². The Bertz CT molecular complexity index is 1010. The van der Waals surface area contributed by atoms with Gasteiger partial charge in [-0.25, -0.2) is 0 Å². The fourth-order valence-electron chi connectivity index (χ4n) is 3.42. The molecule has 1 amide bonds. The van der Waals surface area contributed by atoms with Gasteiger partial charge in [0.15, 0.2) is 0 Å². The summed E-state index contributed by atoms with van der Waals surface area (Å²) in [6.45, 7) is 0.758. The van der Waals surface area contributed by atoms with Gasteiger partial charge in [0.2, 0.25) is 0 Å². The summed E-state index contributed by atoms with van der Waals surface area (Å²) in [6.07, 6.45) is 4.40. The third kappa shape index (κ3) is 3.96. The molecule has 2 unspecified atom stereocenters. The second kappa shape index (κ2) is 7.71. The number of halogens is 2. The zero-order valence-electron chi connectivity index (χ0n) is 16.1. The van der Waals surface area contributed by atoms with E-state index >= 15 is 0 Å². The summed E-state index contributed by atoms with van der Waals surface area (Å²) in [6, 6.07) is 12.8. The number of anilines is 1. The van der Waals surface area contributed by atoms with Gasteiger partial charge >= 0.3 is 5.91 Å². The molecule has 6 nitrogen and oxygen atoms in total. The Morgan fingerprint density at radius 1 is 1.24 bits per heavy atom. The van der Waals surface area contributed by atoms with Crippen molar-refractivity contribution in [2.24, 2.45) is 5.10 Å². The van der Waals surface area contributed by atoms with Gasteiger partial charge in [-0.2, -0.15) is 15.1 Å². The highest BCUT2D eigenvalue weighted by Gasteiger charge is 2.36. The average molecular weight is 432 g/mol. The molecule has 2 aliphatic rings. The molecular weight excluding hydrogens is 411 g/mol. The molecule has 1 N–H and O–H groups in total. The number of quaternary nitrogens is 1. The Labute approximate surface area is 179 Å². The molecule has 8 heteroatoms. The summed E-state index contributed by atoms with van der Waals surface area (Å²) in [7, 11) is 3.56. The summed E-state index contributed by atoms with van der Waals surface area (Å²) in [5.74, 6) is 0.576. The van der Waals surface area contributed by atoms with E-state index in [1.165, 1.54) is 0 Å². The molecule has 0 aromatic heterocycles. The third-order valence-corrected chi connectivity index (χ3v) is 5.64. The molecule has 2 heterocycles. The van der Waals surface area contributed by atoms with Gasteiger partial charge in [-0.1, -0.05) is 35.3 Å². The third-order valence-electron chi connectivity index (χ3n) is 5.11. The maximum absolute atomic E-state index is 12.9. The van der Waals surface area contributed by atoms with Crippen molar-refractivity contribution in [1.82, 2.24) is 5.43 Å². The van der Waals surface area contributed by atoms with Crippen LogP contribution < -0.4 is 15.2 Å². The first-order valence-electron chi connectivity index (χ1n) is 9.20. The van der Waals surface area contributed by atoms with E-state index in [2.05, 4.69) is 10.5 Å². The predicted molar refractivity (Wildman–Crippen MR) is 115 cm³/mol. The van der Waals surface area contributed by atoms with Crippen molar-refractivity contribution in [3.05, 3.63) is 70.3 Å². The quantitative estimate of drug-likeness (QED) is 0.717. The van der Waals surface area contributed by atoms with Crippen LogP contribution in [0.1, 0.15) is 18.0 Å². The maximum Gasteiger partial charge on any atom is 0.312 e. The van der Waals surface area contributed by atoms with Crippen molar-refractivity contribution in [2.45, 2.75) is 12.5 Å². The lowest BCUT2D eigenvalue weighted by molar-refractivity contribution is -0.905. The number of nitrogens with zero attached hydrogens (tertiary/aromatic N) is 3. The molecule has 0 bridgehead atoms. The van der Waals surface area contributed by atoms with E-state index in [1.807, 2.05) is 49.7 Å². The minimum Gasteiger partial charge on any atom is -0.497 e. The number of hydrazone groups is 1. The van der Waals surface area contributed by atoms with Crippen molar-refractivity contribution >= 4 is 40.5 Å². The van der Waals surface area contributed by atoms with Crippen LogP contribution in [-0.2, 0) is 4.79 Å². The highest BCUT2D eigenvalue weighted by Crippen LogP contribution is 2.40. The lowest BCUT2D eigenvalue weighted by Crippen LogP contribution is -2.58. The molecule has 29 heavy (non-hydrogen) atoms. The van der Waals surface area contributed by atoms with Gasteiger partial charge in [-0.3, -0.25) is 9.80 Å². The molecular formula is C21H21Cl2N4O2+. The van der Waals surface area contributed by atoms with E-state index in [1.54, 1.807) is 24.3 Å². The largest absolute Gasteiger partial charge is 0.497 e. The summed E-state index contributed by atoms with van der Waals surface area (Å²) >= 11 is 12.5. The van der Waals surface area contributed by atoms with Crippen LogP contribution >= 0.6 is 23.2 Å². The highest BCUT2D eigenvalue weighted by atomic mass is 35.5. The number of nitrogens with one attached hydrogen (secondary N) is 1. The smallest absolute Gasteiger partial charge is 0.312 e. The molecule has 0 aliphatic carbocycles. The number of benzene rings is 2. The number of ether oxygens (including phenoxy) is 1. The summed E-state index contributed by atoms with van der Waals surface area (Å²) < 4.78 is 5.63. The molecule has 0 spiro atoms. The molecule has 0 saturated heterocycles. The second-order valence-corrected chi connectivity index (χ2v) is 8.10. The van der Waals surface area contributed by atoms with E-state index in [4.69, 9.17) is 27.9 Å². The van der Waals surface area contributed by atoms with Crippen LogP contribution in [-0.4, -0.2) is 36.9 Å². The maximum atomic E-state index is 12.9. The Morgan fingerprint density at radius 3 is 2.55 bits per heavy atom. The SMILES string of the molecule is COc1ccc(C2CC(C(=O)N[N+]3(C)C=CC3)=NN2c2ccc(Cl)cc2Cl)cc1. The average Bonchev–Trinajstić information content (AvgIpc) is 3.12. The van der Waals surface area contributed by atoms with Gasteiger partial charge < -0.3 is 4.74 Å². The number of amides is 1. The van der Waals surface area contributed by atoms with Crippen molar-refractivity contribution < 1.29 is 14.1 Å². The zero-order chi connectivity index (χ0) is 20.6. The highest BCUT2D eigenvalue weighted by molar-refractivity contribution is 6.40. The fraction of sp³-hybridized carbons (Fsp3) is 0.238. The van der Waals surface area contributed by atoms with Crippen LogP contribution in [0.4, 0.5) is 5.69 Å². The Balaban J connectivity index is 1.67. The predicted octanol–water partition coefficient (Wildman–Crippen LogP) is 4.31. The standard InChI is InChI=1S/C21H20Cl2N4O2/c1-27(10-3-11-27)25-21(28)18-13-20(14-4-7-16(29-2)8-5-14)26(24-18)19-9-6-15(22)12-17(19)23/h3-10,12,20H,11,13H2,1-2H3/p+1. The number of hydrogen-bond acceptors (Lipinski definition) is 4.